The van der Waals surface area contributed by atoms with Gasteiger partial charge < -0.3 is 21.3 Å². The normalized spacial score (nSPS) is 31.3. The highest BCUT2D eigenvalue weighted by atomic mass is 32.2. The summed E-state index contributed by atoms with van der Waals surface area (Å²) < 4.78 is 13.4. The van der Waals surface area contributed by atoms with Gasteiger partial charge >= 0.3 is 6.03 Å². The Hall–Kier alpha value is -2.10. The minimum atomic E-state index is -0.331. The smallest absolute Gasteiger partial charge is 0.326 e. The molecule has 9 heteroatoms. The molecule has 0 radical (unpaired) electrons. The summed E-state index contributed by atoms with van der Waals surface area (Å²) in [6.07, 6.45) is 2.78. The fourth-order valence-electron chi connectivity index (χ4n) is 4.75. The van der Waals surface area contributed by atoms with E-state index < -0.39 is 0 Å². The van der Waals surface area contributed by atoms with Gasteiger partial charge in [-0.3, -0.25) is 9.69 Å². The number of carbonyl (C=O) groups excluding carboxylic acids is 2. The van der Waals surface area contributed by atoms with Gasteiger partial charge in [0.2, 0.25) is 0 Å². The number of piperidine rings is 2. The van der Waals surface area contributed by atoms with Crippen molar-refractivity contribution in [2.45, 2.75) is 36.7 Å². The second-order valence-electron chi connectivity index (χ2n) is 7.91. The number of nitrogens with zero attached hydrogens (tertiary/aromatic N) is 1. The number of nitrogens with one attached hydrogen (secondary N) is 4. The van der Waals surface area contributed by atoms with Gasteiger partial charge in [-0.05, 0) is 56.6 Å². The SMILES string of the molecule is O=C(N[C@@H]1CCCNC1)C1=C2NC(=O)N(c3ccc(F)cc3)C3CCNC(S1)C23. The number of carbonyl (C=O) groups is 2. The first kappa shape index (κ1) is 18.9. The number of halogens is 1. The number of hydrogen-bond donors (Lipinski definition) is 4. The van der Waals surface area contributed by atoms with Crippen LogP contribution >= 0.6 is 11.8 Å². The van der Waals surface area contributed by atoms with Gasteiger partial charge in [-0.25, -0.2) is 9.18 Å². The summed E-state index contributed by atoms with van der Waals surface area (Å²) in [5.74, 6) is -0.437. The van der Waals surface area contributed by atoms with Crippen LogP contribution in [0.25, 0.3) is 0 Å². The van der Waals surface area contributed by atoms with Crippen LogP contribution in [0.15, 0.2) is 34.9 Å². The van der Waals surface area contributed by atoms with Crippen molar-refractivity contribution in [3.8, 4) is 0 Å². The van der Waals surface area contributed by atoms with Crippen LogP contribution in [0.3, 0.4) is 0 Å². The van der Waals surface area contributed by atoms with E-state index in [2.05, 4.69) is 21.3 Å². The zero-order valence-corrected chi connectivity index (χ0v) is 16.7. The predicted octanol–water partition coefficient (Wildman–Crippen LogP) is 1.49. The van der Waals surface area contributed by atoms with Crippen LogP contribution in [0.1, 0.15) is 19.3 Å². The zero-order chi connectivity index (χ0) is 20.0. The Morgan fingerprint density at radius 1 is 1.21 bits per heavy atom. The number of thioether (sulfide) groups is 1. The largest absolute Gasteiger partial charge is 0.348 e. The maximum Gasteiger partial charge on any atom is 0.326 e. The molecular formula is C20H24FN5O2S. The molecule has 154 valence electrons. The Morgan fingerprint density at radius 3 is 2.79 bits per heavy atom. The first-order chi connectivity index (χ1) is 14.1. The molecule has 4 atom stereocenters. The third-order valence-electron chi connectivity index (χ3n) is 6.08. The average molecular weight is 418 g/mol. The summed E-state index contributed by atoms with van der Waals surface area (Å²) in [4.78, 5) is 28.3. The van der Waals surface area contributed by atoms with Crippen molar-refractivity contribution in [1.82, 2.24) is 21.3 Å². The van der Waals surface area contributed by atoms with Gasteiger partial charge in [-0.2, -0.15) is 0 Å². The van der Waals surface area contributed by atoms with Crippen LogP contribution < -0.4 is 26.2 Å². The molecule has 0 spiro atoms. The predicted molar refractivity (Wildman–Crippen MR) is 110 cm³/mol. The molecule has 3 amide bonds. The summed E-state index contributed by atoms with van der Waals surface area (Å²) in [7, 11) is 0. The summed E-state index contributed by atoms with van der Waals surface area (Å²) >= 11 is 1.50. The van der Waals surface area contributed by atoms with E-state index in [-0.39, 0.29) is 41.1 Å². The van der Waals surface area contributed by atoms with E-state index in [0.717, 1.165) is 44.6 Å². The van der Waals surface area contributed by atoms with E-state index in [4.69, 9.17) is 0 Å². The molecule has 3 fully saturated rings. The third kappa shape index (κ3) is 3.41. The molecule has 4 N–H and O–H groups in total. The lowest BCUT2D eigenvalue weighted by Gasteiger charge is -2.45. The van der Waals surface area contributed by atoms with E-state index in [9.17, 15) is 14.0 Å². The van der Waals surface area contributed by atoms with Gasteiger partial charge in [-0.1, -0.05) is 11.8 Å². The number of benzene rings is 1. The van der Waals surface area contributed by atoms with Gasteiger partial charge in [-0.15, -0.1) is 0 Å². The minimum Gasteiger partial charge on any atom is -0.348 e. The van der Waals surface area contributed by atoms with E-state index >= 15 is 0 Å². The lowest BCUT2D eigenvalue weighted by Crippen LogP contribution is -2.62. The van der Waals surface area contributed by atoms with Crippen molar-refractivity contribution in [3.05, 3.63) is 40.7 Å². The van der Waals surface area contributed by atoms with Crippen molar-refractivity contribution in [1.29, 1.82) is 0 Å². The average Bonchev–Trinajstić information content (AvgIpc) is 3.10. The Bertz CT molecular complexity index is 855. The number of urea groups is 1. The fraction of sp³-hybridized carbons (Fsp3) is 0.500. The highest BCUT2D eigenvalue weighted by Gasteiger charge is 2.51. The molecule has 0 bridgehead atoms. The lowest BCUT2D eigenvalue weighted by molar-refractivity contribution is -0.117. The maximum absolute atomic E-state index is 13.4. The Balaban J connectivity index is 1.43. The van der Waals surface area contributed by atoms with Crippen LogP contribution in [-0.2, 0) is 4.79 Å². The van der Waals surface area contributed by atoms with Crippen LogP contribution in [0.5, 0.6) is 0 Å². The number of anilines is 1. The molecule has 3 unspecified atom stereocenters. The van der Waals surface area contributed by atoms with Crippen molar-refractivity contribution in [2.75, 3.05) is 24.5 Å². The molecule has 0 saturated carbocycles. The van der Waals surface area contributed by atoms with Crippen LogP contribution in [0, 0.1) is 11.7 Å². The van der Waals surface area contributed by atoms with E-state index in [1.807, 2.05) is 0 Å². The Kier molecular flexibility index (Phi) is 4.97. The quantitative estimate of drug-likeness (QED) is 0.599. The molecular weight excluding hydrogens is 393 g/mol. The Morgan fingerprint density at radius 2 is 2.03 bits per heavy atom. The molecule has 4 aliphatic heterocycles. The molecule has 4 aliphatic rings. The van der Waals surface area contributed by atoms with Crippen molar-refractivity contribution >= 4 is 29.4 Å². The molecule has 1 aromatic carbocycles. The monoisotopic (exact) mass is 417 g/mol. The van der Waals surface area contributed by atoms with Crippen molar-refractivity contribution in [3.63, 3.8) is 0 Å². The fourth-order valence-corrected chi connectivity index (χ4v) is 6.15. The first-order valence-corrected chi connectivity index (χ1v) is 11.0. The van der Waals surface area contributed by atoms with Crippen LogP contribution in [0.2, 0.25) is 0 Å². The number of rotatable bonds is 3. The van der Waals surface area contributed by atoms with E-state index in [0.29, 0.717) is 10.6 Å². The lowest BCUT2D eigenvalue weighted by atomic mass is 9.86. The molecule has 0 aromatic heterocycles. The standard InChI is InChI=1S/C20H24FN5O2S/c21-11-3-5-13(6-4-11)26-14-7-9-23-19-15(14)16(25-20(26)28)17(29-19)18(27)24-12-2-1-8-22-10-12/h3-6,12,14-15,19,22-23H,1-2,7-10H2,(H,24,27)(H,25,28)/t12-,14?,15?,19?/m1/s1. The number of amides is 3. The first-order valence-electron chi connectivity index (χ1n) is 10.1. The number of hydrogen-bond acceptors (Lipinski definition) is 5. The van der Waals surface area contributed by atoms with Crippen LogP contribution in [-0.4, -0.2) is 49.0 Å². The second-order valence-corrected chi connectivity index (χ2v) is 9.06. The van der Waals surface area contributed by atoms with Crippen LogP contribution in [0.4, 0.5) is 14.9 Å². The van der Waals surface area contributed by atoms with Gasteiger partial charge in [0.15, 0.2) is 0 Å². The molecule has 3 saturated heterocycles. The highest BCUT2D eigenvalue weighted by molar-refractivity contribution is 8.04. The van der Waals surface area contributed by atoms with Gasteiger partial charge in [0.25, 0.3) is 5.91 Å². The molecule has 1 aromatic rings. The van der Waals surface area contributed by atoms with E-state index in [1.54, 1.807) is 17.0 Å². The summed E-state index contributed by atoms with van der Waals surface area (Å²) in [6.45, 7) is 2.52. The van der Waals surface area contributed by atoms with Crippen molar-refractivity contribution < 1.29 is 14.0 Å². The minimum absolute atomic E-state index is 0.00161. The summed E-state index contributed by atoms with van der Waals surface area (Å²) in [5.41, 5.74) is 1.40. The highest BCUT2D eigenvalue weighted by Crippen LogP contribution is 2.47. The molecule has 4 heterocycles. The Labute approximate surface area is 172 Å². The van der Waals surface area contributed by atoms with Crippen molar-refractivity contribution in [2.24, 2.45) is 5.92 Å². The molecule has 0 aliphatic carbocycles. The molecule has 5 rings (SSSR count). The maximum atomic E-state index is 13.4. The van der Waals surface area contributed by atoms with E-state index in [1.165, 1.54) is 23.9 Å². The molecule has 7 nitrogen and oxygen atoms in total. The topological polar surface area (TPSA) is 85.5 Å². The second kappa shape index (κ2) is 7.62. The third-order valence-corrected chi connectivity index (χ3v) is 7.44. The van der Waals surface area contributed by atoms with Gasteiger partial charge in [0.05, 0.1) is 16.3 Å². The van der Waals surface area contributed by atoms with Gasteiger partial charge in [0.1, 0.15) is 5.82 Å². The summed E-state index contributed by atoms with van der Waals surface area (Å²) in [6, 6.07) is 5.79. The molecule has 29 heavy (non-hydrogen) atoms. The summed E-state index contributed by atoms with van der Waals surface area (Å²) in [5, 5.41) is 12.9. The van der Waals surface area contributed by atoms with Gasteiger partial charge in [0, 0.05) is 29.9 Å². The zero-order valence-electron chi connectivity index (χ0n) is 15.9.